The largest absolute Gasteiger partial charge is 0.345 e. The lowest BCUT2D eigenvalue weighted by molar-refractivity contribution is 0.679. The second-order valence-corrected chi connectivity index (χ2v) is 7.52. The molecule has 0 saturated carbocycles. The molecule has 3 aromatic heterocycles. The van der Waals surface area contributed by atoms with Crippen molar-refractivity contribution >= 4 is 17.7 Å². The molecular formula is C19H29N9. The summed E-state index contributed by atoms with van der Waals surface area (Å²) < 4.78 is 3.92. The lowest BCUT2D eigenvalue weighted by Crippen LogP contribution is -2.22. The van der Waals surface area contributed by atoms with Gasteiger partial charge in [-0.1, -0.05) is 0 Å². The van der Waals surface area contributed by atoms with E-state index in [0.29, 0.717) is 12.2 Å². The Bertz CT molecular complexity index is 981. The zero-order valence-corrected chi connectivity index (χ0v) is 17.5. The number of aryl methyl sites for hydroxylation is 5. The van der Waals surface area contributed by atoms with Crippen LogP contribution >= 0.6 is 0 Å². The lowest BCUT2D eigenvalue weighted by Gasteiger charge is -2.18. The Morgan fingerprint density at radius 1 is 1.00 bits per heavy atom. The Balaban J connectivity index is 1.60. The van der Waals surface area contributed by atoms with Crippen molar-refractivity contribution in [3.05, 3.63) is 23.0 Å². The summed E-state index contributed by atoms with van der Waals surface area (Å²) >= 11 is 0. The highest BCUT2D eigenvalue weighted by Gasteiger charge is 2.19. The fourth-order valence-electron chi connectivity index (χ4n) is 3.62. The number of aromatic nitrogens is 7. The summed E-state index contributed by atoms with van der Waals surface area (Å²) in [5, 5.41) is 4.59. The van der Waals surface area contributed by atoms with Crippen LogP contribution in [0.2, 0.25) is 0 Å². The monoisotopic (exact) mass is 383 g/mol. The summed E-state index contributed by atoms with van der Waals surface area (Å²) in [7, 11) is 4.01. The van der Waals surface area contributed by atoms with Gasteiger partial charge in [0.15, 0.2) is 0 Å². The first-order valence-electron chi connectivity index (χ1n) is 10.1. The highest BCUT2D eigenvalue weighted by molar-refractivity contribution is 5.45. The average Bonchev–Trinajstić information content (AvgIpc) is 3.39. The van der Waals surface area contributed by atoms with Gasteiger partial charge in [-0.2, -0.15) is 15.0 Å². The van der Waals surface area contributed by atoms with Crippen LogP contribution in [0.4, 0.5) is 11.9 Å². The third-order valence-corrected chi connectivity index (χ3v) is 5.60. The van der Waals surface area contributed by atoms with Crippen molar-refractivity contribution in [1.29, 1.82) is 0 Å². The molecule has 0 bridgehead atoms. The molecule has 0 atom stereocenters. The fraction of sp³-hybridized carbons (Fsp3) is 0.632. The zero-order chi connectivity index (χ0) is 19.8. The third kappa shape index (κ3) is 3.29. The van der Waals surface area contributed by atoms with E-state index >= 15 is 0 Å². The van der Waals surface area contributed by atoms with Crippen LogP contribution in [0.25, 0.3) is 5.78 Å². The van der Waals surface area contributed by atoms with Gasteiger partial charge in [-0.15, -0.1) is 5.10 Å². The summed E-state index contributed by atoms with van der Waals surface area (Å²) in [4.78, 5) is 23.3. The first-order valence-corrected chi connectivity index (χ1v) is 10.1. The Morgan fingerprint density at radius 3 is 2.46 bits per heavy atom. The van der Waals surface area contributed by atoms with E-state index in [9.17, 15) is 0 Å². The molecular weight excluding hydrogens is 354 g/mol. The molecule has 0 spiro atoms. The first-order chi connectivity index (χ1) is 13.5. The van der Waals surface area contributed by atoms with E-state index in [4.69, 9.17) is 15.0 Å². The summed E-state index contributed by atoms with van der Waals surface area (Å²) in [6, 6.07) is 0. The molecule has 0 amide bonds. The van der Waals surface area contributed by atoms with Gasteiger partial charge >= 0.3 is 0 Å². The summed E-state index contributed by atoms with van der Waals surface area (Å²) in [5.74, 6) is 4.20. The van der Waals surface area contributed by atoms with Crippen LogP contribution in [-0.2, 0) is 19.9 Å². The van der Waals surface area contributed by atoms with E-state index in [1.165, 1.54) is 12.8 Å². The average molecular weight is 384 g/mol. The smallest absolute Gasteiger partial charge is 0.244 e. The number of anilines is 2. The normalized spacial score (nSPS) is 14.4. The predicted molar refractivity (Wildman–Crippen MR) is 109 cm³/mol. The number of imidazole rings is 1. The van der Waals surface area contributed by atoms with Crippen LogP contribution in [0.15, 0.2) is 0 Å². The molecule has 28 heavy (non-hydrogen) atoms. The van der Waals surface area contributed by atoms with Crippen LogP contribution in [0.1, 0.15) is 42.8 Å². The second-order valence-electron chi connectivity index (χ2n) is 7.52. The minimum Gasteiger partial charge on any atom is -0.345 e. The maximum absolute atomic E-state index is 4.84. The van der Waals surface area contributed by atoms with Crippen LogP contribution in [0, 0.1) is 13.8 Å². The standard InChI is InChI=1S/C19H29N9/c1-6-25(4)19-22-15(21-17-20-13(2)14(3)28(17)19)9-10-16-23-18(24-26(16)5)27-11-7-8-12-27/h6-12H2,1-5H3. The first kappa shape index (κ1) is 18.6. The molecule has 0 unspecified atom stereocenters. The van der Waals surface area contributed by atoms with Gasteiger partial charge in [-0.05, 0) is 33.6 Å². The summed E-state index contributed by atoms with van der Waals surface area (Å²) in [6.45, 7) is 9.16. The molecule has 9 heteroatoms. The van der Waals surface area contributed by atoms with Crippen LogP contribution in [0.3, 0.4) is 0 Å². The van der Waals surface area contributed by atoms with Gasteiger partial charge in [0.25, 0.3) is 0 Å². The minimum absolute atomic E-state index is 0.706. The SMILES string of the molecule is CCN(C)c1nc(CCc2nc(N3CCCC3)nn2C)nc2nc(C)c(C)n12. The van der Waals surface area contributed by atoms with E-state index in [1.54, 1.807) is 0 Å². The van der Waals surface area contributed by atoms with Crippen molar-refractivity contribution in [1.82, 2.24) is 34.1 Å². The fourth-order valence-corrected chi connectivity index (χ4v) is 3.62. The third-order valence-electron chi connectivity index (χ3n) is 5.60. The minimum atomic E-state index is 0.706. The van der Waals surface area contributed by atoms with Gasteiger partial charge in [0.1, 0.15) is 11.6 Å². The van der Waals surface area contributed by atoms with E-state index in [0.717, 1.165) is 61.0 Å². The molecule has 4 heterocycles. The summed E-state index contributed by atoms with van der Waals surface area (Å²) in [6.07, 6.45) is 3.90. The Hall–Kier alpha value is -2.71. The van der Waals surface area contributed by atoms with Crippen molar-refractivity contribution in [3.8, 4) is 0 Å². The van der Waals surface area contributed by atoms with E-state index < -0.39 is 0 Å². The van der Waals surface area contributed by atoms with Gasteiger partial charge in [-0.25, -0.2) is 4.98 Å². The van der Waals surface area contributed by atoms with Gasteiger partial charge in [-0.3, -0.25) is 9.08 Å². The maximum atomic E-state index is 4.84. The highest BCUT2D eigenvalue weighted by atomic mass is 15.4. The number of nitrogens with zero attached hydrogens (tertiary/aromatic N) is 9. The van der Waals surface area contributed by atoms with Crippen molar-refractivity contribution in [2.24, 2.45) is 7.05 Å². The Kier molecular flexibility index (Phi) is 4.91. The van der Waals surface area contributed by atoms with Crippen LogP contribution in [-0.4, -0.2) is 60.8 Å². The van der Waals surface area contributed by atoms with Gasteiger partial charge < -0.3 is 9.80 Å². The molecule has 1 fully saturated rings. The maximum Gasteiger partial charge on any atom is 0.244 e. The van der Waals surface area contributed by atoms with Crippen LogP contribution < -0.4 is 9.80 Å². The number of hydrogen-bond acceptors (Lipinski definition) is 7. The van der Waals surface area contributed by atoms with E-state index in [1.807, 2.05) is 30.1 Å². The number of hydrogen-bond donors (Lipinski definition) is 0. The second kappa shape index (κ2) is 7.37. The number of rotatable bonds is 6. The topological polar surface area (TPSA) is 80.3 Å². The van der Waals surface area contributed by atoms with E-state index in [2.05, 4.69) is 33.7 Å². The Labute approximate surface area is 165 Å². The highest BCUT2D eigenvalue weighted by Crippen LogP contribution is 2.19. The molecule has 0 aliphatic carbocycles. The molecule has 1 saturated heterocycles. The zero-order valence-electron chi connectivity index (χ0n) is 17.5. The van der Waals surface area contributed by atoms with Crippen molar-refractivity contribution in [3.63, 3.8) is 0 Å². The lowest BCUT2D eigenvalue weighted by atomic mass is 10.3. The van der Waals surface area contributed by atoms with E-state index in [-0.39, 0.29) is 0 Å². The molecule has 3 aromatic rings. The summed E-state index contributed by atoms with van der Waals surface area (Å²) in [5.41, 5.74) is 2.07. The van der Waals surface area contributed by atoms with Gasteiger partial charge in [0, 0.05) is 52.3 Å². The molecule has 1 aliphatic heterocycles. The molecule has 0 radical (unpaired) electrons. The van der Waals surface area contributed by atoms with Crippen molar-refractivity contribution < 1.29 is 0 Å². The van der Waals surface area contributed by atoms with Crippen molar-refractivity contribution in [2.45, 2.75) is 46.5 Å². The van der Waals surface area contributed by atoms with Crippen molar-refractivity contribution in [2.75, 3.05) is 36.5 Å². The predicted octanol–water partition coefficient (Wildman–Crippen LogP) is 1.71. The quantitative estimate of drug-likeness (QED) is 0.641. The van der Waals surface area contributed by atoms with Gasteiger partial charge in [0.05, 0.1) is 5.69 Å². The molecule has 0 aromatic carbocycles. The van der Waals surface area contributed by atoms with Crippen LogP contribution in [0.5, 0.6) is 0 Å². The number of fused-ring (bicyclic) bond motifs is 1. The molecule has 1 aliphatic rings. The molecule has 150 valence electrons. The molecule has 4 rings (SSSR count). The molecule has 9 nitrogen and oxygen atoms in total. The van der Waals surface area contributed by atoms with Gasteiger partial charge in [0.2, 0.25) is 17.7 Å². The molecule has 0 N–H and O–H groups in total. The Morgan fingerprint density at radius 2 is 1.75 bits per heavy atom.